The van der Waals surface area contributed by atoms with Crippen molar-refractivity contribution >= 4 is 12.0 Å². The molecule has 0 aromatic carbocycles. The number of hydrogen-bond acceptors (Lipinski definition) is 5. The van der Waals surface area contributed by atoms with E-state index in [0.29, 0.717) is 5.25 Å². The molecule has 1 aliphatic rings. The molecule has 1 rings (SSSR count). The van der Waals surface area contributed by atoms with Crippen molar-refractivity contribution < 1.29 is 9.29 Å². The second-order valence-corrected chi connectivity index (χ2v) is 8.52. The van der Waals surface area contributed by atoms with Crippen molar-refractivity contribution in [2.24, 2.45) is 0 Å². The second-order valence-electron chi connectivity index (χ2n) is 7.56. The van der Waals surface area contributed by atoms with E-state index in [2.05, 4.69) is 42.4 Å². The van der Waals surface area contributed by atoms with Gasteiger partial charge in [0.1, 0.15) is 5.60 Å². The van der Waals surface area contributed by atoms with Crippen molar-refractivity contribution in [2.45, 2.75) is 98.0 Å². The van der Waals surface area contributed by atoms with Crippen LogP contribution < -0.4 is 5.32 Å². The molecule has 0 bridgehead atoms. The summed E-state index contributed by atoms with van der Waals surface area (Å²) in [6, 6.07) is 0. The van der Waals surface area contributed by atoms with Crippen LogP contribution in [-0.2, 0) is 4.18 Å². The summed E-state index contributed by atoms with van der Waals surface area (Å²) in [6.45, 7) is 20.7. The fourth-order valence-corrected chi connectivity index (χ4v) is 2.97. The zero-order valence-electron chi connectivity index (χ0n) is 20.3. The van der Waals surface area contributed by atoms with E-state index in [9.17, 15) is 5.11 Å². The molecule has 1 unspecified atom stereocenters. The lowest BCUT2D eigenvalue weighted by atomic mass is 9.90. The van der Waals surface area contributed by atoms with Gasteiger partial charge in [-0.25, -0.2) is 0 Å². The van der Waals surface area contributed by atoms with Gasteiger partial charge in [0, 0.05) is 24.0 Å². The van der Waals surface area contributed by atoms with Crippen LogP contribution in [0.4, 0.5) is 0 Å². The Morgan fingerprint density at radius 1 is 1.21 bits per heavy atom. The minimum atomic E-state index is -0.872. The first-order valence-electron chi connectivity index (χ1n) is 11.0. The Morgan fingerprint density at radius 2 is 1.82 bits per heavy atom. The third-order valence-electron chi connectivity index (χ3n) is 4.76. The van der Waals surface area contributed by atoms with E-state index in [1.807, 2.05) is 41.5 Å². The average Bonchev–Trinajstić information content (AvgIpc) is 2.65. The average molecular weight is 417 g/mol. The molecular weight excluding hydrogens is 368 g/mol. The maximum Gasteiger partial charge on any atom is 0.105 e. The van der Waals surface area contributed by atoms with Gasteiger partial charge in [-0.2, -0.15) is 0 Å². The largest absolute Gasteiger partial charge is 0.387 e. The van der Waals surface area contributed by atoms with Gasteiger partial charge in [0.2, 0.25) is 0 Å². The molecular formula is C23H48N2O2S. The standard InChI is InChI=1S/C19H36N2O2S.2C2H6/c1-7-21(6)15-14-20-16-10-8-9-11-17(13-12-16)24-23-19(4,5)18(2,3)22;2*1-2/h10,12-13,17,20,22H,7-9,11,14-15H2,1-6H3;2*1-2H3/b13-12-,16-10?;;. The summed E-state index contributed by atoms with van der Waals surface area (Å²) in [5.41, 5.74) is -0.259. The van der Waals surface area contributed by atoms with Crippen molar-refractivity contribution in [2.75, 3.05) is 26.7 Å². The van der Waals surface area contributed by atoms with Crippen molar-refractivity contribution in [1.29, 1.82) is 0 Å². The van der Waals surface area contributed by atoms with E-state index in [-0.39, 0.29) is 0 Å². The Hall–Kier alpha value is -0.490. The van der Waals surface area contributed by atoms with Crippen LogP contribution >= 0.6 is 12.0 Å². The van der Waals surface area contributed by atoms with Gasteiger partial charge in [-0.1, -0.05) is 46.8 Å². The molecule has 0 radical (unpaired) electrons. The molecule has 1 atom stereocenters. The highest BCUT2D eigenvalue weighted by molar-refractivity contribution is 7.95. The van der Waals surface area contributed by atoms with Crippen molar-refractivity contribution in [1.82, 2.24) is 10.2 Å². The molecule has 0 heterocycles. The van der Waals surface area contributed by atoms with Crippen LogP contribution in [0.25, 0.3) is 0 Å². The summed E-state index contributed by atoms with van der Waals surface area (Å²) >= 11 is 1.48. The number of nitrogens with zero attached hydrogens (tertiary/aromatic N) is 1. The summed E-state index contributed by atoms with van der Waals surface area (Å²) < 4.78 is 5.96. The van der Waals surface area contributed by atoms with Crippen LogP contribution in [0, 0.1) is 0 Å². The van der Waals surface area contributed by atoms with E-state index < -0.39 is 11.2 Å². The number of nitrogens with one attached hydrogen (secondary N) is 1. The fourth-order valence-electron chi connectivity index (χ4n) is 2.00. The molecule has 28 heavy (non-hydrogen) atoms. The Bertz CT molecular complexity index is 429. The quantitative estimate of drug-likeness (QED) is 0.466. The van der Waals surface area contributed by atoms with Crippen LogP contribution in [0.5, 0.6) is 0 Å². The molecule has 0 amide bonds. The Balaban J connectivity index is 0. The number of rotatable bonds is 9. The molecule has 168 valence electrons. The van der Waals surface area contributed by atoms with Crippen LogP contribution in [-0.4, -0.2) is 53.1 Å². The van der Waals surface area contributed by atoms with Gasteiger partial charge in [0.15, 0.2) is 0 Å². The van der Waals surface area contributed by atoms with Gasteiger partial charge in [0.05, 0.1) is 5.60 Å². The number of likely N-dealkylation sites (N-methyl/N-ethyl adjacent to an activating group) is 1. The maximum atomic E-state index is 10.2. The highest BCUT2D eigenvalue weighted by atomic mass is 32.2. The summed E-state index contributed by atoms with van der Waals surface area (Å²) in [4.78, 5) is 2.30. The van der Waals surface area contributed by atoms with Gasteiger partial charge >= 0.3 is 0 Å². The molecule has 0 saturated heterocycles. The van der Waals surface area contributed by atoms with E-state index >= 15 is 0 Å². The molecule has 1 aliphatic carbocycles. The lowest BCUT2D eigenvalue weighted by Gasteiger charge is -2.36. The van der Waals surface area contributed by atoms with E-state index in [4.69, 9.17) is 4.18 Å². The van der Waals surface area contributed by atoms with Crippen LogP contribution in [0.15, 0.2) is 23.9 Å². The van der Waals surface area contributed by atoms with Crippen molar-refractivity contribution in [3.05, 3.63) is 23.9 Å². The summed E-state index contributed by atoms with van der Waals surface area (Å²) in [5.74, 6) is 0. The van der Waals surface area contributed by atoms with Gasteiger partial charge in [-0.3, -0.25) is 0 Å². The first-order valence-corrected chi connectivity index (χ1v) is 11.8. The molecule has 0 fully saturated rings. The summed E-state index contributed by atoms with van der Waals surface area (Å²) in [5, 5.41) is 14.0. The van der Waals surface area contributed by atoms with E-state index in [1.165, 1.54) is 17.7 Å². The third kappa shape index (κ3) is 12.9. The maximum absolute atomic E-state index is 10.2. The Labute approximate surface area is 180 Å². The van der Waals surface area contributed by atoms with Gasteiger partial charge in [0.25, 0.3) is 0 Å². The molecule has 5 heteroatoms. The number of allylic oxidation sites excluding steroid dienone is 2. The first kappa shape index (κ1) is 29.7. The molecule has 4 nitrogen and oxygen atoms in total. The molecule has 0 spiro atoms. The van der Waals surface area contributed by atoms with Crippen molar-refractivity contribution in [3.63, 3.8) is 0 Å². The SMILES string of the molecule is CC.CC.CCN(C)CCNC1=CCCCC(SOC(C)(C)C(C)(C)O)/C=C\1. The first-order chi connectivity index (χ1) is 13.2. The second kappa shape index (κ2) is 16.3. The van der Waals surface area contributed by atoms with Gasteiger partial charge in [-0.15, -0.1) is 0 Å². The molecule has 0 aromatic heterocycles. The molecule has 0 aliphatic heterocycles. The highest BCUT2D eigenvalue weighted by Gasteiger charge is 2.37. The summed E-state index contributed by atoms with van der Waals surface area (Å²) in [7, 11) is 2.14. The van der Waals surface area contributed by atoms with Crippen LogP contribution in [0.1, 0.15) is 81.6 Å². The normalized spacial score (nSPS) is 18.6. The van der Waals surface area contributed by atoms with E-state index in [0.717, 1.165) is 38.9 Å². The predicted molar refractivity (Wildman–Crippen MR) is 128 cm³/mol. The smallest absolute Gasteiger partial charge is 0.105 e. The Kier molecular flexibility index (Phi) is 17.3. The molecule has 2 N–H and O–H groups in total. The minimum Gasteiger partial charge on any atom is -0.387 e. The predicted octanol–water partition coefficient (Wildman–Crippen LogP) is 5.79. The number of aliphatic hydroxyl groups is 1. The third-order valence-corrected chi connectivity index (χ3v) is 5.92. The minimum absolute atomic E-state index is 0.315. The fraction of sp³-hybridized carbons (Fsp3) is 0.826. The van der Waals surface area contributed by atoms with Crippen LogP contribution in [0.3, 0.4) is 0 Å². The Morgan fingerprint density at radius 3 is 2.36 bits per heavy atom. The lowest BCUT2D eigenvalue weighted by Crippen LogP contribution is -2.46. The van der Waals surface area contributed by atoms with Gasteiger partial charge < -0.3 is 19.5 Å². The summed E-state index contributed by atoms with van der Waals surface area (Å²) in [6.07, 6.45) is 9.99. The van der Waals surface area contributed by atoms with Gasteiger partial charge in [-0.05, 0) is 78.7 Å². The topological polar surface area (TPSA) is 44.7 Å². The highest BCUT2D eigenvalue weighted by Crippen LogP contribution is 2.33. The van der Waals surface area contributed by atoms with Crippen molar-refractivity contribution in [3.8, 4) is 0 Å². The van der Waals surface area contributed by atoms with Crippen LogP contribution in [0.2, 0.25) is 0 Å². The molecule has 0 aromatic rings. The van der Waals surface area contributed by atoms with E-state index in [1.54, 1.807) is 13.8 Å². The molecule has 0 saturated carbocycles. The number of hydrogen-bond donors (Lipinski definition) is 2. The zero-order valence-corrected chi connectivity index (χ0v) is 21.1. The zero-order chi connectivity index (χ0) is 22.2. The monoisotopic (exact) mass is 416 g/mol. The lowest BCUT2D eigenvalue weighted by molar-refractivity contribution is -0.0815.